The van der Waals surface area contributed by atoms with Crippen molar-refractivity contribution in [3.8, 4) is 0 Å². The highest BCUT2D eigenvalue weighted by Gasteiger charge is 2.42. The maximum Gasteiger partial charge on any atom is 0.269 e. The molecule has 1 aromatic rings. The number of nitro benzene ring substituents is 1. The zero-order chi connectivity index (χ0) is 13.6. The summed E-state index contributed by atoms with van der Waals surface area (Å²) in [7, 11) is 0. The summed E-state index contributed by atoms with van der Waals surface area (Å²) in [5.41, 5.74) is 2.32. The van der Waals surface area contributed by atoms with Crippen molar-refractivity contribution in [2.24, 2.45) is 11.8 Å². The van der Waals surface area contributed by atoms with Gasteiger partial charge in [-0.2, -0.15) is 0 Å². The van der Waals surface area contributed by atoms with Crippen LogP contribution in [0, 0.1) is 28.9 Å². The third kappa shape index (κ3) is 1.98. The summed E-state index contributed by atoms with van der Waals surface area (Å²) in [5, 5.41) is 14.2. The summed E-state index contributed by atoms with van der Waals surface area (Å²) in [6, 6.07) is 5.69. The first-order chi connectivity index (χ1) is 9.08. The summed E-state index contributed by atoms with van der Waals surface area (Å²) in [6.07, 6.45) is 0. The molecule has 0 saturated carbocycles. The molecule has 0 bridgehead atoms. The Hall–Kier alpha value is -1.62. The van der Waals surface area contributed by atoms with Crippen LogP contribution in [0.2, 0.25) is 0 Å². The number of fused-ring (bicyclic) bond motifs is 1. The van der Waals surface area contributed by atoms with Gasteiger partial charge in [0, 0.05) is 43.5 Å². The van der Waals surface area contributed by atoms with E-state index in [0.29, 0.717) is 17.9 Å². The van der Waals surface area contributed by atoms with Crippen molar-refractivity contribution < 1.29 is 4.92 Å². The molecule has 19 heavy (non-hydrogen) atoms. The van der Waals surface area contributed by atoms with E-state index in [9.17, 15) is 10.1 Å². The van der Waals surface area contributed by atoms with Crippen LogP contribution in [-0.2, 0) is 0 Å². The monoisotopic (exact) mass is 261 g/mol. The second-order valence-corrected chi connectivity index (χ2v) is 5.70. The number of benzene rings is 1. The highest BCUT2D eigenvalue weighted by Crippen LogP contribution is 2.37. The minimum absolute atomic E-state index is 0.176. The Labute approximate surface area is 112 Å². The number of nitrogens with zero attached hydrogens (tertiary/aromatic N) is 2. The van der Waals surface area contributed by atoms with E-state index in [4.69, 9.17) is 0 Å². The molecule has 0 radical (unpaired) electrons. The lowest BCUT2D eigenvalue weighted by atomic mass is 9.95. The van der Waals surface area contributed by atoms with Crippen LogP contribution >= 0.6 is 0 Å². The molecule has 3 unspecified atom stereocenters. The standard InChI is InChI=1S/C14H19N3O2/c1-9-5-12(17(18)19)3-4-14(9)16-8-11-6-15-7-13(11)10(16)2/h3-5,10-11,13,15H,6-8H2,1-2H3. The van der Waals surface area contributed by atoms with Crippen molar-refractivity contribution in [1.29, 1.82) is 0 Å². The lowest BCUT2D eigenvalue weighted by Gasteiger charge is -2.28. The number of aryl methyl sites for hydroxylation is 1. The number of nitro groups is 1. The Morgan fingerprint density at radius 1 is 1.42 bits per heavy atom. The van der Waals surface area contributed by atoms with E-state index in [1.807, 2.05) is 13.0 Å². The molecule has 2 aliphatic heterocycles. The van der Waals surface area contributed by atoms with Crippen LogP contribution in [0.25, 0.3) is 0 Å². The van der Waals surface area contributed by atoms with Gasteiger partial charge in [-0.1, -0.05) is 0 Å². The third-order valence-corrected chi connectivity index (χ3v) is 4.64. The second kappa shape index (κ2) is 4.49. The van der Waals surface area contributed by atoms with Crippen molar-refractivity contribution in [2.75, 3.05) is 24.5 Å². The number of nitrogens with one attached hydrogen (secondary N) is 1. The first-order valence-electron chi connectivity index (χ1n) is 6.80. The van der Waals surface area contributed by atoms with Crippen molar-refractivity contribution in [3.63, 3.8) is 0 Å². The van der Waals surface area contributed by atoms with E-state index in [1.54, 1.807) is 12.1 Å². The molecule has 0 aromatic heterocycles. The fourth-order valence-electron chi connectivity index (χ4n) is 3.56. The maximum atomic E-state index is 10.8. The molecule has 5 heteroatoms. The van der Waals surface area contributed by atoms with E-state index < -0.39 is 0 Å². The predicted octanol–water partition coefficient (Wildman–Crippen LogP) is 1.95. The normalized spacial score (nSPS) is 29.6. The molecule has 2 heterocycles. The van der Waals surface area contributed by atoms with Crippen LogP contribution in [0.1, 0.15) is 12.5 Å². The number of hydrogen-bond donors (Lipinski definition) is 1. The Balaban J connectivity index is 1.89. The first kappa shape index (κ1) is 12.4. The fraction of sp³-hybridized carbons (Fsp3) is 0.571. The Bertz CT molecular complexity index is 517. The van der Waals surface area contributed by atoms with Crippen LogP contribution in [0.3, 0.4) is 0 Å². The largest absolute Gasteiger partial charge is 0.368 e. The molecule has 1 aromatic carbocycles. The topological polar surface area (TPSA) is 58.4 Å². The molecule has 0 aliphatic carbocycles. The van der Waals surface area contributed by atoms with Gasteiger partial charge < -0.3 is 10.2 Å². The molecule has 5 nitrogen and oxygen atoms in total. The predicted molar refractivity (Wildman–Crippen MR) is 74.5 cm³/mol. The van der Waals surface area contributed by atoms with Crippen LogP contribution < -0.4 is 10.2 Å². The Kier molecular flexibility index (Phi) is 2.93. The van der Waals surface area contributed by atoms with Crippen molar-refractivity contribution in [2.45, 2.75) is 19.9 Å². The smallest absolute Gasteiger partial charge is 0.269 e. The summed E-state index contributed by atoms with van der Waals surface area (Å²) in [5.74, 6) is 1.42. The van der Waals surface area contributed by atoms with E-state index in [-0.39, 0.29) is 10.6 Å². The quantitative estimate of drug-likeness (QED) is 0.653. The maximum absolute atomic E-state index is 10.8. The SMILES string of the molecule is Cc1cc([N+](=O)[O-])ccc1N1CC2CNCC2C1C. The lowest BCUT2D eigenvalue weighted by Crippen LogP contribution is -2.33. The molecule has 102 valence electrons. The average molecular weight is 261 g/mol. The van der Waals surface area contributed by atoms with E-state index >= 15 is 0 Å². The Morgan fingerprint density at radius 3 is 2.84 bits per heavy atom. The van der Waals surface area contributed by atoms with Crippen LogP contribution in [0.5, 0.6) is 0 Å². The summed E-state index contributed by atoms with van der Waals surface area (Å²) >= 11 is 0. The van der Waals surface area contributed by atoms with Crippen LogP contribution in [-0.4, -0.2) is 30.6 Å². The van der Waals surface area contributed by atoms with Gasteiger partial charge in [0.15, 0.2) is 0 Å². The van der Waals surface area contributed by atoms with Crippen molar-refractivity contribution in [3.05, 3.63) is 33.9 Å². The zero-order valence-corrected chi connectivity index (χ0v) is 11.3. The van der Waals surface area contributed by atoms with Gasteiger partial charge in [-0.15, -0.1) is 0 Å². The lowest BCUT2D eigenvalue weighted by molar-refractivity contribution is -0.384. The molecule has 2 aliphatic rings. The van der Waals surface area contributed by atoms with Gasteiger partial charge in [-0.3, -0.25) is 10.1 Å². The molecule has 2 saturated heterocycles. The molecular formula is C14H19N3O2. The molecular weight excluding hydrogens is 242 g/mol. The highest BCUT2D eigenvalue weighted by molar-refractivity contribution is 5.59. The van der Waals surface area contributed by atoms with Crippen molar-refractivity contribution >= 4 is 11.4 Å². The summed E-state index contributed by atoms with van der Waals surface area (Å²) in [4.78, 5) is 12.9. The van der Waals surface area contributed by atoms with Gasteiger partial charge in [0.05, 0.1) is 4.92 Å². The number of hydrogen-bond acceptors (Lipinski definition) is 4. The molecule has 3 atom stereocenters. The minimum Gasteiger partial charge on any atom is -0.368 e. The van der Waals surface area contributed by atoms with Crippen LogP contribution in [0.15, 0.2) is 18.2 Å². The van der Waals surface area contributed by atoms with Crippen LogP contribution in [0.4, 0.5) is 11.4 Å². The van der Waals surface area contributed by atoms with E-state index in [1.165, 1.54) is 0 Å². The molecule has 0 amide bonds. The number of anilines is 1. The number of non-ortho nitro benzene ring substituents is 1. The fourth-order valence-corrected chi connectivity index (χ4v) is 3.56. The molecule has 3 rings (SSSR count). The molecule has 1 N–H and O–H groups in total. The zero-order valence-electron chi connectivity index (χ0n) is 11.3. The van der Waals surface area contributed by atoms with Gasteiger partial charge in [0.25, 0.3) is 5.69 Å². The van der Waals surface area contributed by atoms with Gasteiger partial charge >= 0.3 is 0 Å². The average Bonchev–Trinajstić information content (AvgIpc) is 2.93. The van der Waals surface area contributed by atoms with E-state index in [0.717, 1.165) is 30.9 Å². The molecule has 0 spiro atoms. The Morgan fingerprint density at radius 2 is 2.21 bits per heavy atom. The summed E-state index contributed by atoms with van der Waals surface area (Å²) < 4.78 is 0. The molecule has 2 fully saturated rings. The minimum atomic E-state index is -0.331. The second-order valence-electron chi connectivity index (χ2n) is 5.70. The van der Waals surface area contributed by atoms with Gasteiger partial charge in [0.2, 0.25) is 0 Å². The van der Waals surface area contributed by atoms with Crippen molar-refractivity contribution in [1.82, 2.24) is 5.32 Å². The summed E-state index contributed by atoms with van der Waals surface area (Å²) in [6.45, 7) is 7.46. The van der Waals surface area contributed by atoms with Gasteiger partial charge in [-0.05, 0) is 37.3 Å². The third-order valence-electron chi connectivity index (χ3n) is 4.64. The first-order valence-corrected chi connectivity index (χ1v) is 6.80. The van der Waals surface area contributed by atoms with E-state index in [2.05, 4.69) is 17.1 Å². The highest BCUT2D eigenvalue weighted by atomic mass is 16.6. The van der Waals surface area contributed by atoms with Gasteiger partial charge in [0.1, 0.15) is 0 Å². The number of rotatable bonds is 2. The van der Waals surface area contributed by atoms with Gasteiger partial charge in [-0.25, -0.2) is 0 Å².